The third-order valence-corrected chi connectivity index (χ3v) is 2.01. The molecule has 0 aliphatic heterocycles. The van der Waals surface area contributed by atoms with Crippen molar-refractivity contribution in [3.05, 3.63) is 29.6 Å². The number of esters is 1. The molecule has 1 heterocycles. The predicted octanol–water partition coefficient (Wildman–Crippen LogP) is 2.00. The molecule has 0 fully saturated rings. The number of halogens is 1. The van der Waals surface area contributed by atoms with Crippen LogP contribution in [0.1, 0.15) is 22.5 Å². The van der Waals surface area contributed by atoms with E-state index in [0.29, 0.717) is 11.3 Å². The number of hydrogen-bond donors (Lipinski definition) is 0. The van der Waals surface area contributed by atoms with Crippen LogP contribution < -0.4 is 0 Å². The number of aromatic nitrogens is 1. The van der Waals surface area contributed by atoms with Gasteiger partial charge in [0.15, 0.2) is 0 Å². The summed E-state index contributed by atoms with van der Waals surface area (Å²) in [6, 6.07) is 3.22. The average molecular weight is 268 g/mol. The van der Waals surface area contributed by atoms with E-state index >= 15 is 0 Å². The molecule has 0 atom stereocenters. The Bertz CT molecular complexity index is 407. The van der Waals surface area contributed by atoms with E-state index < -0.39 is 0 Å². The first kappa shape index (κ1) is 11.7. The fourth-order valence-electron chi connectivity index (χ4n) is 0.944. The summed E-state index contributed by atoms with van der Waals surface area (Å²) in [5, 5.41) is 0.830. The normalized spacial score (nSPS) is 8.93. The van der Waals surface area contributed by atoms with Gasteiger partial charge in [-0.15, -0.1) is 0 Å². The zero-order chi connectivity index (χ0) is 11.1. The smallest absolute Gasteiger partial charge is 0.338 e. The van der Waals surface area contributed by atoms with Crippen molar-refractivity contribution >= 4 is 21.9 Å². The molecule has 0 amide bonds. The summed E-state index contributed by atoms with van der Waals surface area (Å²) in [6.45, 7) is 0. The van der Waals surface area contributed by atoms with Crippen molar-refractivity contribution in [1.82, 2.24) is 4.98 Å². The number of nitrogens with zero attached hydrogens (tertiary/aromatic N) is 1. The molecule has 1 aromatic heterocycles. The Hall–Kier alpha value is -1.34. The maximum absolute atomic E-state index is 11.2. The monoisotopic (exact) mass is 267 g/mol. The van der Waals surface area contributed by atoms with Gasteiger partial charge in [0.05, 0.1) is 12.7 Å². The van der Waals surface area contributed by atoms with Crippen LogP contribution in [0.5, 0.6) is 0 Å². The minimum Gasteiger partial charge on any atom is -0.465 e. The van der Waals surface area contributed by atoms with Crippen LogP contribution in [0, 0.1) is 11.8 Å². The summed E-state index contributed by atoms with van der Waals surface area (Å²) >= 11 is 3.27. The van der Waals surface area contributed by atoms with Gasteiger partial charge in [0, 0.05) is 17.9 Å². The summed E-state index contributed by atoms with van der Waals surface area (Å²) < 4.78 is 4.59. The van der Waals surface area contributed by atoms with Crippen LogP contribution in [-0.2, 0) is 4.74 Å². The maximum Gasteiger partial charge on any atom is 0.338 e. The third kappa shape index (κ3) is 3.72. The topological polar surface area (TPSA) is 39.2 Å². The highest BCUT2D eigenvalue weighted by Crippen LogP contribution is 2.02. The van der Waals surface area contributed by atoms with Crippen LogP contribution in [0.4, 0.5) is 0 Å². The summed E-state index contributed by atoms with van der Waals surface area (Å²) in [7, 11) is 1.35. The van der Waals surface area contributed by atoms with Gasteiger partial charge in [-0.05, 0) is 18.1 Å². The Morgan fingerprint density at radius 1 is 1.67 bits per heavy atom. The van der Waals surface area contributed by atoms with Crippen molar-refractivity contribution in [2.45, 2.75) is 6.42 Å². The van der Waals surface area contributed by atoms with Crippen molar-refractivity contribution in [1.29, 1.82) is 0 Å². The molecule has 0 radical (unpaired) electrons. The summed E-state index contributed by atoms with van der Waals surface area (Å²) in [4.78, 5) is 15.2. The Labute approximate surface area is 97.0 Å². The molecular formula is C11H10BrNO2. The van der Waals surface area contributed by atoms with E-state index in [2.05, 4.69) is 37.5 Å². The number of ether oxygens (including phenoxy) is 1. The fraction of sp³-hybridized carbons (Fsp3) is 0.273. The van der Waals surface area contributed by atoms with E-state index in [0.717, 1.165) is 11.8 Å². The number of pyridine rings is 1. The minimum atomic E-state index is -0.374. The molecule has 1 rings (SSSR count). The Morgan fingerprint density at radius 3 is 3.13 bits per heavy atom. The molecule has 1 aromatic rings. The van der Waals surface area contributed by atoms with E-state index in [1.54, 1.807) is 18.3 Å². The molecule has 78 valence electrons. The van der Waals surface area contributed by atoms with Crippen molar-refractivity contribution in [3.63, 3.8) is 0 Å². The van der Waals surface area contributed by atoms with Crippen molar-refractivity contribution in [2.24, 2.45) is 0 Å². The number of carbonyl (C=O) groups excluding carboxylic acids is 1. The van der Waals surface area contributed by atoms with E-state index in [1.165, 1.54) is 7.11 Å². The molecular weight excluding hydrogens is 258 g/mol. The summed E-state index contributed by atoms with van der Waals surface area (Å²) in [6.07, 6.45) is 2.30. The SMILES string of the molecule is COC(=O)c1ccnc(C#CCCBr)c1. The van der Waals surface area contributed by atoms with E-state index in [1.807, 2.05) is 0 Å². The van der Waals surface area contributed by atoms with Gasteiger partial charge in [-0.25, -0.2) is 9.78 Å². The van der Waals surface area contributed by atoms with Gasteiger partial charge in [-0.2, -0.15) is 0 Å². The van der Waals surface area contributed by atoms with E-state index in [9.17, 15) is 4.79 Å². The van der Waals surface area contributed by atoms with Crippen molar-refractivity contribution in [2.75, 3.05) is 12.4 Å². The first-order valence-electron chi connectivity index (χ1n) is 4.37. The fourth-order valence-corrected chi connectivity index (χ4v) is 1.14. The highest BCUT2D eigenvalue weighted by Gasteiger charge is 2.04. The third-order valence-electron chi connectivity index (χ3n) is 1.62. The number of rotatable bonds is 2. The quantitative estimate of drug-likeness (QED) is 0.468. The van der Waals surface area contributed by atoms with Gasteiger partial charge in [0.1, 0.15) is 5.69 Å². The molecule has 0 aromatic carbocycles. The molecule has 15 heavy (non-hydrogen) atoms. The number of hydrogen-bond acceptors (Lipinski definition) is 3. The molecule has 0 spiro atoms. The Kier molecular flexibility index (Phi) is 4.85. The minimum absolute atomic E-state index is 0.374. The van der Waals surface area contributed by atoms with Crippen LogP contribution in [0.15, 0.2) is 18.3 Å². The average Bonchev–Trinajstić information content (AvgIpc) is 2.29. The Morgan fingerprint density at radius 2 is 2.47 bits per heavy atom. The lowest BCUT2D eigenvalue weighted by Crippen LogP contribution is -2.01. The highest BCUT2D eigenvalue weighted by atomic mass is 79.9. The number of alkyl halides is 1. The molecule has 3 nitrogen and oxygen atoms in total. The highest BCUT2D eigenvalue weighted by molar-refractivity contribution is 9.09. The molecule has 0 unspecified atom stereocenters. The van der Waals surface area contributed by atoms with Crippen LogP contribution in [-0.4, -0.2) is 23.4 Å². The standard InChI is InChI=1S/C11H10BrNO2/c1-15-11(14)9-5-7-13-10(8-9)4-2-3-6-12/h5,7-8H,3,6H2,1H3. The molecule has 4 heteroatoms. The molecule has 0 N–H and O–H groups in total. The maximum atomic E-state index is 11.2. The zero-order valence-corrected chi connectivity index (χ0v) is 9.87. The summed E-state index contributed by atoms with van der Waals surface area (Å²) in [5.74, 6) is 5.42. The number of carbonyl (C=O) groups is 1. The first-order chi connectivity index (χ1) is 7.27. The van der Waals surface area contributed by atoms with Crippen molar-refractivity contribution in [3.8, 4) is 11.8 Å². The van der Waals surface area contributed by atoms with Gasteiger partial charge in [0.2, 0.25) is 0 Å². The Balaban J connectivity index is 2.84. The second kappa shape index (κ2) is 6.20. The van der Waals surface area contributed by atoms with E-state index in [-0.39, 0.29) is 5.97 Å². The lowest BCUT2D eigenvalue weighted by Gasteiger charge is -1.97. The van der Waals surface area contributed by atoms with Gasteiger partial charge < -0.3 is 4.74 Å². The second-order valence-corrected chi connectivity index (χ2v) is 3.46. The molecule has 0 aliphatic rings. The van der Waals surface area contributed by atoms with E-state index in [4.69, 9.17) is 0 Å². The van der Waals surface area contributed by atoms with Crippen LogP contribution in [0.3, 0.4) is 0 Å². The van der Waals surface area contributed by atoms with Crippen LogP contribution in [0.25, 0.3) is 0 Å². The largest absolute Gasteiger partial charge is 0.465 e. The molecule has 0 saturated carbocycles. The zero-order valence-electron chi connectivity index (χ0n) is 8.29. The number of methoxy groups -OCH3 is 1. The first-order valence-corrected chi connectivity index (χ1v) is 5.49. The molecule has 0 saturated heterocycles. The van der Waals surface area contributed by atoms with Crippen molar-refractivity contribution < 1.29 is 9.53 Å². The van der Waals surface area contributed by atoms with Gasteiger partial charge in [-0.1, -0.05) is 21.9 Å². The predicted molar refractivity (Wildman–Crippen MR) is 60.9 cm³/mol. The summed E-state index contributed by atoms with van der Waals surface area (Å²) in [5.41, 5.74) is 1.05. The second-order valence-electron chi connectivity index (χ2n) is 2.66. The lowest BCUT2D eigenvalue weighted by molar-refractivity contribution is 0.0600. The van der Waals surface area contributed by atoms with Gasteiger partial charge in [-0.3, -0.25) is 0 Å². The van der Waals surface area contributed by atoms with Crippen LogP contribution >= 0.6 is 15.9 Å². The van der Waals surface area contributed by atoms with Gasteiger partial charge >= 0.3 is 5.97 Å². The molecule has 0 aliphatic carbocycles. The molecule has 0 bridgehead atoms. The van der Waals surface area contributed by atoms with Crippen LogP contribution in [0.2, 0.25) is 0 Å². The van der Waals surface area contributed by atoms with Gasteiger partial charge in [0.25, 0.3) is 0 Å². The lowest BCUT2D eigenvalue weighted by atomic mass is 10.2.